The standard InChI is InChI=1S/C12H22N2O5/c1-18-6-3-4-13(5-7-19-2)12(17)14-8-10(9-14)11(15)16/h10H,3-9H2,1-2H3,(H,15,16). The van der Waals surface area contributed by atoms with Crippen molar-refractivity contribution in [3.63, 3.8) is 0 Å². The fraction of sp³-hybridized carbons (Fsp3) is 0.833. The zero-order valence-electron chi connectivity index (χ0n) is 11.5. The van der Waals surface area contributed by atoms with Crippen molar-refractivity contribution in [1.82, 2.24) is 9.80 Å². The molecule has 7 nitrogen and oxygen atoms in total. The van der Waals surface area contributed by atoms with Crippen LogP contribution >= 0.6 is 0 Å². The smallest absolute Gasteiger partial charge is 0.320 e. The van der Waals surface area contributed by atoms with Crippen molar-refractivity contribution in [2.24, 2.45) is 5.92 Å². The molecule has 0 saturated carbocycles. The molecule has 19 heavy (non-hydrogen) atoms. The summed E-state index contributed by atoms with van der Waals surface area (Å²) in [6, 6.07) is -0.120. The van der Waals surface area contributed by atoms with E-state index in [1.54, 1.807) is 24.0 Å². The number of likely N-dealkylation sites (tertiary alicyclic amines) is 1. The number of methoxy groups -OCH3 is 2. The molecule has 0 atom stereocenters. The number of ether oxygens (including phenoxy) is 2. The van der Waals surface area contributed by atoms with Crippen LogP contribution in [0.1, 0.15) is 6.42 Å². The van der Waals surface area contributed by atoms with Crippen LogP contribution in [0.2, 0.25) is 0 Å². The Balaban J connectivity index is 2.40. The Morgan fingerprint density at radius 2 is 1.84 bits per heavy atom. The Morgan fingerprint density at radius 3 is 2.37 bits per heavy atom. The molecular weight excluding hydrogens is 252 g/mol. The largest absolute Gasteiger partial charge is 0.481 e. The molecule has 0 aliphatic carbocycles. The average molecular weight is 274 g/mol. The van der Waals surface area contributed by atoms with E-state index >= 15 is 0 Å². The molecule has 0 bridgehead atoms. The molecule has 0 aromatic heterocycles. The van der Waals surface area contributed by atoms with Crippen LogP contribution in [0.3, 0.4) is 0 Å². The highest BCUT2D eigenvalue weighted by Gasteiger charge is 2.37. The van der Waals surface area contributed by atoms with Crippen LogP contribution in [0.15, 0.2) is 0 Å². The van der Waals surface area contributed by atoms with E-state index in [9.17, 15) is 9.59 Å². The van der Waals surface area contributed by atoms with Gasteiger partial charge in [0.1, 0.15) is 0 Å². The fourth-order valence-electron chi connectivity index (χ4n) is 1.90. The number of urea groups is 1. The molecule has 7 heteroatoms. The van der Waals surface area contributed by atoms with Crippen molar-refractivity contribution in [2.75, 3.05) is 53.6 Å². The van der Waals surface area contributed by atoms with E-state index in [1.807, 2.05) is 0 Å². The number of carbonyl (C=O) groups is 2. The zero-order chi connectivity index (χ0) is 14.3. The molecule has 0 aromatic rings. The lowest BCUT2D eigenvalue weighted by molar-refractivity contribution is -0.146. The second-order valence-electron chi connectivity index (χ2n) is 4.55. The van der Waals surface area contributed by atoms with Crippen molar-refractivity contribution in [2.45, 2.75) is 6.42 Å². The SMILES string of the molecule is COCCCN(CCOC)C(=O)N1CC(C(=O)O)C1. The van der Waals surface area contributed by atoms with E-state index in [0.29, 0.717) is 39.4 Å². The molecule has 1 rings (SSSR count). The topological polar surface area (TPSA) is 79.3 Å². The van der Waals surface area contributed by atoms with Gasteiger partial charge < -0.3 is 24.4 Å². The van der Waals surface area contributed by atoms with Gasteiger partial charge >= 0.3 is 12.0 Å². The number of aliphatic carboxylic acids is 1. The molecule has 0 spiro atoms. The highest BCUT2D eigenvalue weighted by molar-refractivity contribution is 5.79. The van der Waals surface area contributed by atoms with Crippen LogP contribution < -0.4 is 0 Å². The first-order valence-electron chi connectivity index (χ1n) is 6.34. The van der Waals surface area contributed by atoms with Gasteiger partial charge in [-0.05, 0) is 6.42 Å². The van der Waals surface area contributed by atoms with Crippen LogP contribution in [0.4, 0.5) is 4.79 Å². The van der Waals surface area contributed by atoms with Gasteiger partial charge in [0.2, 0.25) is 0 Å². The third kappa shape index (κ3) is 4.68. The van der Waals surface area contributed by atoms with Gasteiger partial charge in [0.25, 0.3) is 0 Å². The number of hydrogen-bond acceptors (Lipinski definition) is 4. The van der Waals surface area contributed by atoms with Crippen molar-refractivity contribution in [1.29, 1.82) is 0 Å². The Morgan fingerprint density at radius 1 is 1.21 bits per heavy atom. The van der Waals surface area contributed by atoms with Crippen molar-refractivity contribution in [3.8, 4) is 0 Å². The summed E-state index contributed by atoms with van der Waals surface area (Å²) in [5, 5.41) is 8.80. The maximum Gasteiger partial charge on any atom is 0.320 e. The van der Waals surface area contributed by atoms with E-state index in [4.69, 9.17) is 14.6 Å². The summed E-state index contributed by atoms with van der Waals surface area (Å²) in [5.41, 5.74) is 0. The Kier molecular flexibility index (Phi) is 6.58. The summed E-state index contributed by atoms with van der Waals surface area (Å²) in [4.78, 5) is 26.1. The van der Waals surface area contributed by atoms with E-state index in [-0.39, 0.29) is 6.03 Å². The van der Waals surface area contributed by atoms with Gasteiger partial charge in [-0.15, -0.1) is 0 Å². The minimum atomic E-state index is -0.841. The maximum atomic E-state index is 12.2. The lowest BCUT2D eigenvalue weighted by atomic mass is 10.0. The van der Waals surface area contributed by atoms with Crippen LogP contribution in [-0.4, -0.2) is 80.5 Å². The maximum absolute atomic E-state index is 12.2. The highest BCUT2D eigenvalue weighted by Crippen LogP contribution is 2.17. The molecule has 110 valence electrons. The molecule has 0 aromatic carbocycles. The second kappa shape index (κ2) is 7.96. The minimum Gasteiger partial charge on any atom is -0.481 e. The molecule has 2 amide bonds. The number of carboxylic acids is 1. The number of carbonyl (C=O) groups excluding carboxylic acids is 1. The molecule has 1 heterocycles. The molecule has 1 aliphatic heterocycles. The predicted octanol–water partition coefficient (Wildman–Crippen LogP) is 0.108. The van der Waals surface area contributed by atoms with E-state index in [0.717, 1.165) is 6.42 Å². The summed E-state index contributed by atoms with van der Waals surface area (Å²) in [6.45, 7) is 2.74. The second-order valence-corrected chi connectivity index (χ2v) is 4.55. The normalized spacial score (nSPS) is 15.2. The van der Waals surface area contributed by atoms with Crippen LogP contribution in [0.25, 0.3) is 0 Å². The number of rotatable bonds is 8. The Bertz CT molecular complexity index is 304. The molecular formula is C12H22N2O5. The van der Waals surface area contributed by atoms with Gasteiger partial charge in [0, 0.05) is 47.0 Å². The van der Waals surface area contributed by atoms with Gasteiger partial charge in [-0.3, -0.25) is 4.79 Å². The van der Waals surface area contributed by atoms with Gasteiger partial charge in [0.05, 0.1) is 12.5 Å². The first kappa shape index (κ1) is 15.7. The van der Waals surface area contributed by atoms with E-state index in [2.05, 4.69) is 0 Å². The van der Waals surface area contributed by atoms with Gasteiger partial charge in [0.15, 0.2) is 0 Å². The third-order valence-corrected chi connectivity index (χ3v) is 3.11. The summed E-state index contributed by atoms with van der Waals surface area (Å²) >= 11 is 0. The average Bonchev–Trinajstić information content (AvgIpc) is 2.31. The number of carboxylic acid groups (broad SMARTS) is 1. The summed E-state index contributed by atoms with van der Waals surface area (Å²) in [6.07, 6.45) is 0.752. The van der Waals surface area contributed by atoms with E-state index in [1.165, 1.54) is 0 Å². The lowest BCUT2D eigenvalue weighted by Gasteiger charge is -2.40. The predicted molar refractivity (Wildman–Crippen MR) is 68.0 cm³/mol. The number of nitrogens with zero attached hydrogens (tertiary/aromatic N) is 2. The van der Waals surface area contributed by atoms with Crippen LogP contribution in [0, 0.1) is 5.92 Å². The van der Waals surface area contributed by atoms with Gasteiger partial charge in [-0.2, -0.15) is 0 Å². The summed E-state index contributed by atoms with van der Waals surface area (Å²) < 4.78 is 9.95. The molecule has 1 N–H and O–H groups in total. The van der Waals surface area contributed by atoms with Gasteiger partial charge in [-0.1, -0.05) is 0 Å². The van der Waals surface area contributed by atoms with Gasteiger partial charge in [-0.25, -0.2) is 4.79 Å². The molecule has 1 saturated heterocycles. The van der Waals surface area contributed by atoms with Crippen LogP contribution in [-0.2, 0) is 14.3 Å². The molecule has 1 fully saturated rings. The Hall–Kier alpha value is -1.34. The first-order valence-corrected chi connectivity index (χ1v) is 6.34. The summed E-state index contributed by atoms with van der Waals surface area (Å²) in [5.74, 6) is -1.26. The lowest BCUT2D eigenvalue weighted by Crippen LogP contribution is -2.57. The van der Waals surface area contributed by atoms with E-state index < -0.39 is 11.9 Å². The van der Waals surface area contributed by atoms with Crippen molar-refractivity contribution >= 4 is 12.0 Å². The monoisotopic (exact) mass is 274 g/mol. The molecule has 0 radical (unpaired) electrons. The van der Waals surface area contributed by atoms with Crippen molar-refractivity contribution in [3.05, 3.63) is 0 Å². The zero-order valence-corrected chi connectivity index (χ0v) is 11.5. The number of amides is 2. The quantitative estimate of drug-likeness (QED) is 0.635. The van der Waals surface area contributed by atoms with Crippen LogP contribution in [0.5, 0.6) is 0 Å². The number of hydrogen-bond donors (Lipinski definition) is 1. The molecule has 1 aliphatic rings. The third-order valence-electron chi connectivity index (χ3n) is 3.11. The minimum absolute atomic E-state index is 0.120. The fourth-order valence-corrected chi connectivity index (χ4v) is 1.90. The Labute approximate surface area is 113 Å². The molecule has 0 unspecified atom stereocenters. The van der Waals surface area contributed by atoms with Crippen molar-refractivity contribution < 1.29 is 24.2 Å². The summed E-state index contributed by atoms with van der Waals surface area (Å²) in [7, 11) is 3.20. The highest BCUT2D eigenvalue weighted by atomic mass is 16.5. The first-order chi connectivity index (χ1) is 9.10.